The van der Waals surface area contributed by atoms with Gasteiger partial charge in [0.15, 0.2) is 0 Å². The number of benzene rings is 4. The van der Waals surface area contributed by atoms with Crippen LogP contribution in [0, 0.1) is 6.92 Å². The molecule has 4 aromatic rings. The molecule has 4 rings (SSSR count). The summed E-state index contributed by atoms with van der Waals surface area (Å²) in [6, 6.07) is 20.5. The summed E-state index contributed by atoms with van der Waals surface area (Å²) in [6.07, 6.45) is -0.117. The lowest BCUT2D eigenvalue weighted by atomic mass is 9.89. The van der Waals surface area contributed by atoms with Gasteiger partial charge in [0, 0.05) is 17.1 Å². The van der Waals surface area contributed by atoms with Crippen molar-refractivity contribution in [2.45, 2.75) is 18.2 Å². The Balaban J connectivity index is 1.81. The van der Waals surface area contributed by atoms with E-state index in [2.05, 4.69) is 0 Å². The Labute approximate surface area is 208 Å². The first-order valence-corrected chi connectivity index (χ1v) is 12.6. The molecule has 174 valence electrons. The average Bonchev–Trinajstić information content (AvgIpc) is 2.79. The number of sulfonamides is 1. The largest absolute Gasteiger partial charge is 0.481 e. The summed E-state index contributed by atoms with van der Waals surface area (Å²) in [6.45, 7) is 1.87. The molecular formula is C26H21Cl2NO4S. The van der Waals surface area contributed by atoms with Gasteiger partial charge in [-0.1, -0.05) is 53.5 Å². The second-order valence-corrected chi connectivity index (χ2v) is 10.8. The summed E-state index contributed by atoms with van der Waals surface area (Å²) < 4.78 is 27.6. The number of fused-ring (bicyclic) bond motifs is 1. The first kappa shape index (κ1) is 24.1. The Kier molecular flexibility index (Phi) is 6.58. The quantitative estimate of drug-likeness (QED) is 0.316. The maximum Gasteiger partial charge on any atom is 0.307 e. The van der Waals surface area contributed by atoms with Crippen LogP contribution in [-0.4, -0.2) is 26.5 Å². The number of anilines is 1. The lowest BCUT2D eigenvalue weighted by molar-refractivity contribution is -0.136. The highest BCUT2D eigenvalue weighted by atomic mass is 35.5. The molecule has 8 heteroatoms. The van der Waals surface area contributed by atoms with Crippen LogP contribution in [0.2, 0.25) is 10.0 Å². The fourth-order valence-electron chi connectivity index (χ4n) is 4.01. The van der Waals surface area contributed by atoms with Gasteiger partial charge in [0.2, 0.25) is 0 Å². The summed E-state index contributed by atoms with van der Waals surface area (Å²) in [5, 5.41) is 12.1. The van der Waals surface area contributed by atoms with Crippen molar-refractivity contribution >= 4 is 55.7 Å². The molecule has 0 aliphatic heterocycles. The highest BCUT2D eigenvalue weighted by molar-refractivity contribution is 7.92. The monoisotopic (exact) mass is 513 g/mol. The molecule has 0 saturated heterocycles. The zero-order valence-electron chi connectivity index (χ0n) is 18.4. The van der Waals surface area contributed by atoms with Crippen molar-refractivity contribution in [2.75, 3.05) is 11.4 Å². The van der Waals surface area contributed by atoms with E-state index >= 15 is 0 Å². The van der Waals surface area contributed by atoms with Crippen LogP contribution < -0.4 is 4.31 Å². The van der Waals surface area contributed by atoms with Crippen molar-refractivity contribution in [2.24, 2.45) is 0 Å². The standard InChI is InChI=1S/C26H21Cl2NO4S/c1-16-19(13-25(30)31)12-18-6-9-21(28)15-24(18)26(16)17-7-10-23(11-8-17)34(32,33)29(2)22-5-3-4-20(27)14-22/h3-12,14-15H,13H2,1-2H3,(H,30,31). The van der Waals surface area contributed by atoms with E-state index in [9.17, 15) is 18.3 Å². The number of rotatable bonds is 6. The van der Waals surface area contributed by atoms with Gasteiger partial charge in [-0.05, 0) is 82.4 Å². The molecule has 0 aromatic heterocycles. The summed E-state index contributed by atoms with van der Waals surface area (Å²) in [4.78, 5) is 11.5. The van der Waals surface area contributed by atoms with Gasteiger partial charge >= 0.3 is 5.97 Å². The minimum atomic E-state index is -3.82. The third kappa shape index (κ3) is 4.62. The highest BCUT2D eigenvalue weighted by Gasteiger charge is 2.22. The van der Waals surface area contributed by atoms with Gasteiger partial charge in [0.05, 0.1) is 17.0 Å². The zero-order chi connectivity index (χ0) is 24.6. The van der Waals surface area contributed by atoms with Gasteiger partial charge in [-0.3, -0.25) is 9.10 Å². The molecule has 0 amide bonds. The van der Waals surface area contributed by atoms with Crippen LogP contribution in [0.4, 0.5) is 5.69 Å². The molecule has 0 fully saturated rings. The Morgan fingerprint density at radius 3 is 2.26 bits per heavy atom. The summed E-state index contributed by atoms with van der Waals surface area (Å²) >= 11 is 12.3. The molecular weight excluding hydrogens is 493 g/mol. The molecule has 5 nitrogen and oxygen atoms in total. The molecule has 0 bridgehead atoms. The first-order valence-electron chi connectivity index (χ1n) is 10.4. The Bertz CT molecular complexity index is 1520. The number of carboxylic acid groups (broad SMARTS) is 1. The van der Waals surface area contributed by atoms with Crippen LogP contribution in [0.25, 0.3) is 21.9 Å². The zero-order valence-corrected chi connectivity index (χ0v) is 20.7. The lowest BCUT2D eigenvalue weighted by Gasteiger charge is -2.20. The number of hydrogen-bond donors (Lipinski definition) is 1. The maximum absolute atomic E-state index is 13.2. The van der Waals surface area contributed by atoms with E-state index < -0.39 is 16.0 Å². The van der Waals surface area contributed by atoms with E-state index in [0.29, 0.717) is 21.3 Å². The van der Waals surface area contributed by atoms with Gasteiger partial charge in [0.25, 0.3) is 10.0 Å². The van der Waals surface area contributed by atoms with Crippen molar-refractivity contribution in [1.29, 1.82) is 0 Å². The van der Waals surface area contributed by atoms with E-state index in [1.807, 2.05) is 25.1 Å². The molecule has 4 aromatic carbocycles. The molecule has 34 heavy (non-hydrogen) atoms. The van der Waals surface area contributed by atoms with Crippen LogP contribution >= 0.6 is 23.2 Å². The van der Waals surface area contributed by atoms with E-state index in [-0.39, 0.29) is 11.3 Å². The molecule has 0 aliphatic carbocycles. The van der Waals surface area contributed by atoms with Gasteiger partial charge in [-0.25, -0.2) is 8.42 Å². The lowest BCUT2D eigenvalue weighted by Crippen LogP contribution is -2.26. The van der Waals surface area contributed by atoms with Crippen molar-refractivity contribution in [1.82, 2.24) is 0 Å². The average molecular weight is 514 g/mol. The Morgan fingerprint density at radius 1 is 0.941 bits per heavy atom. The maximum atomic E-state index is 13.2. The van der Waals surface area contributed by atoms with Crippen LogP contribution in [0.3, 0.4) is 0 Å². The second-order valence-electron chi connectivity index (χ2n) is 7.95. The minimum absolute atomic E-state index is 0.117. The van der Waals surface area contributed by atoms with Crippen molar-refractivity contribution in [3.8, 4) is 11.1 Å². The third-order valence-corrected chi connectivity index (χ3v) is 8.06. The van der Waals surface area contributed by atoms with E-state index in [4.69, 9.17) is 23.2 Å². The number of halogens is 2. The van der Waals surface area contributed by atoms with Gasteiger partial charge < -0.3 is 5.11 Å². The Morgan fingerprint density at radius 2 is 1.62 bits per heavy atom. The van der Waals surface area contributed by atoms with Gasteiger partial charge in [0.1, 0.15) is 0 Å². The summed E-state index contributed by atoms with van der Waals surface area (Å²) in [7, 11) is -2.34. The normalized spacial score (nSPS) is 11.5. The molecule has 0 aliphatic rings. The number of carboxylic acids is 1. The fourth-order valence-corrected chi connectivity index (χ4v) is 5.55. The topological polar surface area (TPSA) is 74.7 Å². The molecule has 1 N–H and O–H groups in total. The van der Waals surface area contributed by atoms with Crippen LogP contribution in [-0.2, 0) is 21.2 Å². The van der Waals surface area contributed by atoms with Gasteiger partial charge in [-0.15, -0.1) is 0 Å². The molecule has 0 radical (unpaired) electrons. The van der Waals surface area contributed by atoms with Crippen LogP contribution in [0.5, 0.6) is 0 Å². The van der Waals surface area contributed by atoms with Crippen LogP contribution in [0.1, 0.15) is 11.1 Å². The van der Waals surface area contributed by atoms with Crippen molar-refractivity contribution < 1.29 is 18.3 Å². The molecule has 0 atom stereocenters. The molecule has 0 saturated carbocycles. The van der Waals surface area contributed by atoms with Crippen molar-refractivity contribution in [3.05, 3.63) is 94.0 Å². The van der Waals surface area contributed by atoms with Crippen LogP contribution in [0.15, 0.2) is 77.7 Å². The highest BCUT2D eigenvalue weighted by Crippen LogP contribution is 2.36. The number of aliphatic carboxylic acids is 1. The number of nitrogens with zero attached hydrogens (tertiary/aromatic N) is 1. The predicted octanol–water partition coefficient (Wildman–Crippen LogP) is 6.57. The second kappa shape index (κ2) is 9.29. The third-order valence-electron chi connectivity index (χ3n) is 5.79. The summed E-state index contributed by atoms with van der Waals surface area (Å²) in [5.74, 6) is -0.923. The molecule has 0 heterocycles. The van der Waals surface area contributed by atoms with Gasteiger partial charge in [-0.2, -0.15) is 0 Å². The molecule has 0 unspecified atom stereocenters. The van der Waals surface area contributed by atoms with E-state index in [0.717, 1.165) is 27.5 Å². The summed E-state index contributed by atoms with van der Waals surface area (Å²) in [5.41, 5.74) is 3.54. The number of hydrogen-bond acceptors (Lipinski definition) is 3. The van der Waals surface area contributed by atoms with E-state index in [1.165, 1.54) is 11.4 Å². The minimum Gasteiger partial charge on any atom is -0.481 e. The smallest absolute Gasteiger partial charge is 0.307 e. The first-order chi connectivity index (χ1) is 16.1. The van der Waals surface area contributed by atoms with Crippen molar-refractivity contribution in [3.63, 3.8) is 0 Å². The molecule has 0 spiro atoms. The predicted molar refractivity (Wildman–Crippen MR) is 138 cm³/mol. The number of carbonyl (C=O) groups is 1. The van der Waals surface area contributed by atoms with E-state index in [1.54, 1.807) is 54.6 Å². The fraction of sp³-hybridized carbons (Fsp3) is 0.115. The Hall–Kier alpha value is -3.06. The SMILES string of the molecule is Cc1c(CC(=O)O)cc2ccc(Cl)cc2c1-c1ccc(S(=O)(=O)N(C)c2cccc(Cl)c2)cc1.